The molecule has 8 nitrogen and oxygen atoms in total. The van der Waals surface area contributed by atoms with E-state index in [0.717, 1.165) is 13.1 Å². The number of thioether (sulfide) groups is 1. The van der Waals surface area contributed by atoms with Gasteiger partial charge in [-0.15, -0.1) is 11.8 Å². The zero-order chi connectivity index (χ0) is 26.9. The monoisotopic (exact) mass is 540 g/mol. The van der Waals surface area contributed by atoms with E-state index in [1.807, 2.05) is 0 Å². The van der Waals surface area contributed by atoms with Crippen LogP contribution in [-0.4, -0.2) is 43.5 Å². The first-order valence-electron chi connectivity index (χ1n) is 10.1. The molecule has 14 heteroatoms. The number of halogens is 5. The molecule has 0 aliphatic heterocycles. The molecule has 2 aromatic rings. The van der Waals surface area contributed by atoms with Crippen LogP contribution in [-0.2, 0) is 27.5 Å². The minimum atomic E-state index is -5.02. The number of ether oxygens (including phenoxy) is 1. The van der Waals surface area contributed by atoms with E-state index in [0.29, 0.717) is 17.8 Å². The molecule has 0 saturated heterocycles. The van der Waals surface area contributed by atoms with Crippen LogP contribution in [0.15, 0.2) is 32.7 Å². The highest BCUT2D eigenvalue weighted by Crippen LogP contribution is 2.39. The van der Waals surface area contributed by atoms with Crippen molar-refractivity contribution in [2.45, 2.75) is 49.1 Å². The number of carboxylic acid groups (broad SMARTS) is 1. The van der Waals surface area contributed by atoms with Crippen LogP contribution >= 0.6 is 23.4 Å². The third-order valence-corrected chi connectivity index (χ3v) is 7.04. The Morgan fingerprint density at radius 1 is 1.20 bits per heavy atom. The number of nitrogens with zero attached hydrogens (tertiary/aromatic N) is 2. The summed E-state index contributed by atoms with van der Waals surface area (Å²) in [5.41, 5.74) is -7.06. The number of hydrogen-bond acceptors (Lipinski definition) is 6. The van der Waals surface area contributed by atoms with Crippen LogP contribution in [0, 0.1) is 5.82 Å². The van der Waals surface area contributed by atoms with E-state index in [2.05, 4.69) is 0 Å². The summed E-state index contributed by atoms with van der Waals surface area (Å²) in [6.07, 6.45) is -5.07. The molecule has 1 aromatic heterocycles. The average Bonchev–Trinajstić information content (AvgIpc) is 2.75. The SMILES string of the molecule is CCOC(C)(C(=O)CC)C(Sc1cc(-n2c(=O)cc(C(F)(F)F)n(C)c2=O)c(F)cc1Cl)C(=O)O. The van der Waals surface area contributed by atoms with Gasteiger partial charge < -0.3 is 9.84 Å². The van der Waals surface area contributed by atoms with Gasteiger partial charge in [-0.3, -0.25) is 19.0 Å². The van der Waals surface area contributed by atoms with E-state index in [1.54, 1.807) is 6.92 Å². The Morgan fingerprint density at radius 2 is 1.80 bits per heavy atom. The Labute approximate surface area is 205 Å². The summed E-state index contributed by atoms with van der Waals surface area (Å²) in [6, 6.07) is 1.67. The molecule has 0 bridgehead atoms. The Morgan fingerprint density at radius 3 is 2.29 bits per heavy atom. The molecule has 2 rings (SSSR count). The fourth-order valence-corrected chi connectivity index (χ4v) is 4.79. The number of carboxylic acids is 1. The average molecular weight is 541 g/mol. The lowest BCUT2D eigenvalue weighted by Gasteiger charge is -2.33. The quantitative estimate of drug-likeness (QED) is 0.382. The molecule has 1 heterocycles. The van der Waals surface area contributed by atoms with Crippen LogP contribution < -0.4 is 11.2 Å². The molecule has 1 N–H and O–H groups in total. The molecule has 2 atom stereocenters. The summed E-state index contributed by atoms with van der Waals surface area (Å²) in [6.45, 7) is 4.34. The fourth-order valence-electron chi connectivity index (χ4n) is 3.38. The van der Waals surface area contributed by atoms with Crippen molar-refractivity contribution >= 4 is 35.1 Å². The van der Waals surface area contributed by atoms with Crippen LogP contribution in [0.3, 0.4) is 0 Å². The lowest BCUT2D eigenvalue weighted by molar-refractivity contribution is -0.153. The summed E-state index contributed by atoms with van der Waals surface area (Å²) in [7, 11) is 0.759. The predicted octanol–water partition coefficient (Wildman–Crippen LogP) is 3.67. The lowest BCUT2D eigenvalue weighted by atomic mass is 9.94. The van der Waals surface area contributed by atoms with Gasteiger partial charge in [-0.1, -0.05) is 18.5 Å². The highest BCUT2D eigenvalue weighted by atomic mass is 35.5. The fraction of sp³-hybridized carbons (Fsp3) is 0.429. The van der Waals surface area contributed by atoms with Gasteiger partial charge in [-0.05, 0) is 26.0 Å². The van der Waals surface area contributed by atoms with E-state index in [1.165, 1.54) is 13.8 Å². The second-order valence-corrected chi connectivity index (χ2v) is 8.98. The summed E-state index contributed by atoms with van der Waals surface area (Å²) in [5.74, 6) is -3.22. The first-order chi connectivity index (χ1) is 16.1. The predicted molar refractivity (Wildman–Crippen MR) is 120 cm³/mol. The number of rotatable bonds is 9. The smallest absolute Gasteiger partial charge is 0.431 e. The summed E-state index contributed by atoms with van der Waals surface area (Å²) in [5, 5.41) is 7.92. The van der Waals surface area contributed by atoms with Gasteiger partial charge in [-0.25, -0.2) is 13.8 Å². The highest BCUT2D eigenvalue weighted by Gasteiger charge is 2.46. The number of ketones is 1. The van der Waals surface area contributed by atoms with Crippen LogP contribution in [0.4, 0.5) is 17.6 Å². The van der Waals surface area contributed by atoms with Gasteiger partial charge in [0.15, 0.2) is 5.78 Å². The van der Waals surface area contributed by atoms with E-state index >= 15 is 0 Å². The topological polar surface area (TPSA) is 108 Å². The van der Waals surface area contributed by atoms with E-state index in [9.17, 15) is 41.8 Å². The Balaban J connectivity index is 2.73. The maximum atomic E-state index is 14.8. The third kappa shape index (κ3) is 5.62. The second kappa shape index (κ2) is 10.5. The number of benzene rings is 1. The minimum Gasteiger partial charge on any atom is -0.480 e. The van der Waals surface area contributed by atoms with Crippen molar-refractivity contribution in [1.82, 2.24) is 9.13 Å². The molecule has 0 aliphatic carbocycles. The minimum absolute atomic E-state index is 0.00797. The number of carbonyl (C=O) groups is 2. The van der Waals surface area contributed by atoms with Gasteiger partial charge in [0.25, 0.3) is 5.56 Å². The van der Waals surface area contributed by atoms with Crippen LogP contribution in [0.1, 0.15) is 32.9 Å². The second-order valence-electron chi connectivity index (χ2n) is 7.43. The van der Waals surface area contributed by atoms with Crippen molar-refractivity contribution in [3.63, 3.8) is 0 Å². The van der Waals surface area contributed by atoms with Crippen molar-refractivity contribution in [3.8, 4) is 5.69 Å². The van der Waals surface area contributed by atoms with Gasteiger partial charge in [0.05, 0.1) is 10.7 Å². The van der Waals surface area contributed by atoms with Gasteiger partial charge in [-0.2, -0.15) is 13.2 Å². The van der Waals surface area contributed by atoms with Crippen LogP contribution in [0.25, 0.3) is 5.69 Å². The molecule has 0 saturated carbocycles. The molecule has 0 radical (unpaired) electrons. The molecule has 0 aliphatic rings. The zero-order valence-corrected chi connectivity index (χ0v) is 20.5. The molecule has 1 aromatic carbocycles. The summed E-state index contributed by atoms with van der Waals surface area (Å²) < 4.78 is 59.9. The standard InChI is InChI=1S/C21H21ClF4N2O6S/c1-5-15(29)20(3,34-6-2)17(18(31)32)35-13-8-12(11(23)7-10(13)22)28-16(30)9-14(21(24,25)26)27(4)19(28)33/h7-9,17H,5-6H2,1-4H3,(H,31,32). The number of hydrogen-bond donors (Lipinski definition) is 1. The Hall–Kier alpha value is -2.64. The molecule has 0 spiro atoms. The maximum Gasteiger partial charge on any atom is 0.431 e. The molecule has 0 fully saturated rings. The molecule has 2 unspecified atom stereocenters. The van der Waals surface area contributed by atoms with Crippen molar-refractivity contribution < 1.29 is 37.0 Å². The summed E-state index contributed by atoms with van der Waals surface area (Å²) in [4.78, 5) is 49.4. The number of carbonyl (C=O) groups excluding carboxylic acids is 1. The van der Waals surface area contributed by atoms with Crippen LogP contribution in [0.2, 0.25) is 5.02 Å². The Kier molecular flexibility index (Phi) is 8.61. The molecule has 192 valence electrons. The largest absolute Gasteiger partial charge is 0.480 e. The number of aliphatic carboxylic acids is 1. The van der Waals surface area contributed by atoms with Gasteiger partial charge in [0, 0.05) is 31.0 Å². The number of alkyl halides is 3. The number of Topliss-reactive ketones (excluding diaryl/α,β-unsaturated/α-hetero) is 1. The molecule has 35 heavy (non-hydrogen) atoms. The van der Waals surface area contributed by atoms with Crippen molar-refractivity contribution in [3.05, 3.63) is 55.6 Å². The maximum absolute atomic E-state index is 14.8. The lowest BCUT2D eigenvalue weighted by Crippen LogP contribution is -2.51. The molecular weight excluding hydrogens is 520 g/mol. The van der Waals surface area contributed by atoms with E-state index < -0.39 is 57.2 Å². The van der Waals surface area contributed by atoms with Crippen LogP contribution in [0.5, 0.6) is 0 Å². The number of aromatic nitrogens is 2. The third-order valence-electron chi connectivity index (χ3n) is 5.14. The van der Waals surface area contributed by atoms with E-state index in [4.69, 9.17) is 16.3 Å². The summed E-state index contributed by atoms with van der Waals surface area (Å²) >= 11 is 6.58. The highest BCUT2D eigenvalue weighted by molar-refractivity contribution is 8.00. The van der Waals surface area contributed by atoms with Crippen molar-refractivity contribution in [2.24, 2.45) is 7.05 Å². The first-order valence-corrected chi connectivity index (χ1v) is 11.3. The van der Waals surface area contributed by atoms with Crippen molar-refractivity contribution in [1.29, 1.82) is 0 Å². The normalized spacial score (nSPS) is 14.4. The van der Waals surface area contributed by atoms with Crippen molar-refractivity contribution in [2.75, 3.05) is 6.61 Å². The van der Waals surface area contributed by atoms with Gasteiger partial charge in [0.2, 0.25) is 0 Å². The molecular formula is C21H21ClF4N2O6S. The Bertz CT molecular complexity index is 1280. The van der Waals surface area contributed by atoms with Gasteiger partial charge >= 0.3 is 17.8 Å². The molecule has 0 amide bonds. The first kappa shape index (κ1) is 28.6. The zero-order valence-electron chi connectivity index (χ0n) is 18.9. The van der Waals surface area contributed by atoms with Gasteiger partial charge in [0.1, 0.15) is 22.4 Å². The van der Waals surface area contributed by atoms with E-state index in [-0.39, 0.29) is 38.1 Å².